The lowest BCUT2D eigenvalue weighted by molar-refractivity contribution is 0.0962. The van der Waals surface area contributed by atoms with Crippen LogP contribution in [0.25, 0.3) is 10.9 Å². The van der Waals surface area contributed by atoms with Crippen LogP contribution in [-0.2, 0) is 12.8 Å². The summed E-state index contributed by atoms with van der Waals surface area (Å²) < 4.78 is 0. The Balaban J connectivity index is 1.43. The molecule has 6 nitrogen and oxygen atoms in total. The zero-order valence-corrected chi connectivity index (χ0v) is 18.6. The van der Waals surface area contributed by atoms with E-state index < -0.39 is 0 Å². The van der Waals surface area contributed by atoms with Gasteiger partial charge in [0.25, 0.3) is 0 Å². The first-order chi connectivity index (χ1) is 15.5. The summed E-state index contributed by atoms with van der Waals surface area (Å²) in [4.78, 5) is 30.9. The maximum absolute atomic E-state index is 12.7. The Morgan fingerprint density at radius 2 is 1.84 bits per heavy atom. The Morgan fingerprint density at radius 1 is 1.03 bits per heavy atom. The lowest BCUT2D eigenvalue weighted by Gasteiger charge is -2.23. The van der Waals surface area contributed by atoms with Crippen LogP contribution < -0.4 is 5.32 Å². The highest BCUT2D eigenvalue weighted by Gasteiger charge is 2.28. The van der Waals surface area contributed by atoms with E-state index in [4.69, 9.17) is 11.6 Å². The number of aryl methyl sites for hydroxylation is 2. The molecule has 1 aliphatic carbocycles. The SMILES string of the molecule is CCc1ccc2nc(Nc3ncc4c(n3)C[C@H](c3ccc(Cl)cc3)CC4=O)nc(C)c2c1. The van der Waals surface area contributed by atoms with Crippen LogP contribution in [0.4, 0.5) is 11.9 Å². The summed E-state index contributed by atoms with van der Waals surface area (Å²) in [6, 6.07) is 13.9. The smallest absolute Gasteiger partial charge is 0.230 e. The highest BCUT2D eigenvalue weighted by Crippen LogP contribution is 2.32. The highest BCUT2D eigenvalue weighted by atomic mass is 35.5. The minimum Gasteiger partial charge on any atom is -0.294 e. The second-order valence-electron chi connectivity index (χ2n) is 8.10. The molecule has 0 saturated heterocycles. The number of ketones is 1. The molecule has 0 bridgehead atoms. The zero-order valence-electron chi connectivity index (χ0n) is 17.9. The first kappa shape index (κ1) is 20.5. The molecule has 1 atom stereocenters. The van der Waals surface area contributed by atoms with Gasteiger partial charge in [0.05, 0.1) is 22.5 Å². The Morgan fingerprint density at radius 3 is 2.62 bits per heavy atom. The maximum Gasteiger partial charge on any atom is 0.230 e. The van der Waals surface area contributed by atoms with Crippen molar-refractivity contribution in [2.24, 2.45) is 0 Å². The van der Waals surface area contributed by atoms with Crippen molar-refractivity contribution in [2.45, 2.75) is 39.0 Å². The molecular formula is C25H22ClN5O. The van der Waals surface area contributed by atoms with Gasteiger partial charge in [0.1, 0.15) is 0 Å². The number of carbonyl (C=O) groups excluding carboxylic acids is 1. The van der Waals surface area contributed by atoms with Gasteiger partial charge in [0.15, 0.2) is 5.78 Å². The number of Topliss-reactive ketones (excluding diaryl/α,β-unsaturated/α-hetero) is 1. The summed E-state index contributed by atoms with van der Waals surface area (Å²) >= 11 is 6.01. The van der Waals surface area contributed by atoms with Crippen molar-refractivity contribution in [1.29, 1.82) is 0 Å². The number of rotatable bonds is 4. The molecule has 1 aliphatic rings. The average Bonchev–Trinajstić information content (AvgIpc) is 2.79. The fraction of sp³-hybridized carbons (Fsp3) is 0.240. The second kappa shape index (κ2) is 8.28. The van der Waals surface area contributed by atoms with E-state index in [1.807, 2.05) is 37.3 Å². The van der Waals surface area contributed by atoms with Crippen molar-refractivity contribution in [3.8, 4) is 0 Å². The first-order valence-electron chi connectivity index (χ1n) is 10.7. The van der Waals surface area contributed by atoms with Gasteiger partial charge in [-0.2, -0.15) is 0 Å². The fourth-order valence-electron chi connectivity index (χ4n) is 4.18. The largest absolute Gasteiger partial charge is 0.294 e. The number of anilines is 2. The van der Waals surface area contributed by atoms with Crippen LogP contribution >= 0.6 is 11.6 Å². The lowest BCUT2D eigenvalue weighted by Crippen LogP contribution is -2.21. The Hall–Kier alpha value is -3.38. The van der Waals surface area contributed by atoms with Crippen LogP contribution in [0.2, 0.25) is 5.02 Å². The fourth-order valence-corrected chi connectivity index (χ4v) is 4.31. The van der Waals surface area contributed by atoms with E-state index in [0.717, 1.165) is 34.3 Å². The Labute approximate surface area is 191 Å². The summed E-state index contributed by atoms with van der Waals surface area (Å²) in [7, 11) is 0. The van der Waals surface area contributed by atoms with Crippen molar-refractivity contribution in [3.63, 3.8) is 0 Å². The van der Waals surface area contributed by atoms with Gasteiger partial charge in [0, 0.05) is 23.0 Å². The predicted molar refractivity (Wildman–Crippen MR) is 126 cm³/mol. The van der Waals surface area contributed by atoms with Gasteiger partial charge in [-0.3, -0.25) is 10.1 Å². The van der Waals surface area contributed by atoms with Crippen molar-refractivity contribution < 1.29 is 4.79 Å². The van der Waals surface area contributed by atoms with Crippen molar-refractivity contribution in [2.75, 3.05) is 5.32 Å². The van der Waals surface area contributed by atoms with Gasteiger partial charge >= 0.3 is 0 Å². The van der Waals surface area contributed by atoms with E-state index in [1.54, 1.807) is 6.20 Å². The third-order valence-electron chi connectivity index (χ3n) is 5.96. The van der Waals surface area contributed by atoms with Crippen molar-refractivity contribution in [1.82, 2.24) is 19.9 Å². The van der Waals surface area contributed by atoms with Gasteiger partial charge in [0.2, 0.25) is 11.9 Å². The third kappa shape index (κ3) is 3.94. The highest BCUT2D eigenvalue weighted by molar-refractivity contribution is 6.30. The Kier molecular flexibility index (Phi) is 5.31. The topological polar surface area (TPSA) is 80.7 Å². The monoisotopic (exact) mass is 443 g/mol. The quantitative estimate of drug-likeness (QED) is 0.442. The minimum atomic E-state index is 0.0577. The van der Waals surface area contributed by atoms with Gasteiger partial charge in [-0.05, 0) is 61.1 Å². The number of aromatic nitrogens is 4. The first-order valence-corrected chi connectivity index (χ1v) is 11.1. The van der Waals surface area contributed by atoms with E-state index in [0.29, 0.717) is 35.3 Å². The van der Waals surface area contributed by atoms with Gasteiger partial charge in [-0.25, -0.2) is 19.9 Å². The lowest BCUT2D eigenvalue weighted by atomic mass is 9.82. The molecule has 1 N–H and O–H groups in total. The molecule has 0 saturated carbocycles. The summed E-state index contributed by atoms with van der Waals surface area (Å²) in [5.41, 5.74) is 5.42. The van der Waals surface area contributed by atoms with Crippen LogP contribution in [0.1, 0.15) is 52.1 Å². The van der Waals surface area contributed by atoms with Crippen LogP contribution in [0.3, 0.4) is 0 Å². The number of carbonyl (C=O) groups is 1. The molecular weight excluding hydrogens is 422 g/mol. The normalized spacial score (nSPS) is 15.6. The van der Waals surface area contributed by atoms with Gasteiger partial charge in [-0.1, -0.05) is 36.7 Å². The number of hydrogen-bond donors (Lipinski definition) is 1. The zero-order chi connectivity index (χ0) is 22.2. The van der Waals surface area contributed by atoms with E-state index >= 15 is 0 Å². The van der Waals surface area contributed by atoms with Gasteiger partial charge < -0.3 is 0 Å². The maximum atomic E-state index is 12.7. The molecule has 7 heteroatoms. The molecule has 2 aromatic heterocycles. The van der Waals surface area contributed by atoms with Crippen LogP contribution in [0.15, 0.2) is 48.7 Å². The molecule has 5 rings (SSSR count). The molecule has 0 amide bonds. The molecule has 0 unspecified atom stereocenters. The molecule has 160 valence electrons. The van der Waals surface area contributed by atoms with Crippen LogP contribution in [-0.4, -0.2) is 25.7 Å². The summed E-state index contributed by atoms with van der Waals surface area (Å²) in [6.45, 7) is 4.10. The predicted octanol–water partition coefficient (Wildman–Crippen LogP) is 5.60. The molecule has 32 heavy (non-hydrogen) atoms. The van der Waals surface area contributed by atoms with E-state index in [-0.39, 0.29) is 11.7 Å². The molecule has 0 aliphatic heterocycles. The average molecular weight is 444 g/mol. The number of nitrogens with one attached hydrogen (secondary N) is 1. The number of nitrogens with zero attached hydrogens (tertiary/aromatic N) is 4. The summed E-state index contributed by atoms with van der Waals surface area (Å²) in [6.07, 6.45) is 3.68. The number of benzene rings is 2. The molecule has 0 radical (unpaired) electrons. The third-order valence-corrected chi connectivity index (χ3v) is 6.22. The van der Waals surface area contributed by atoms with E-state index in [1.165, 1.54) is 5.56 Å². The standard InChI is InChI=1S/C25H22ClN5O/c1-3-15-4-9-21-19(10-15)14(2)28-25(29-21)31-24-27-13-20-22(30-24)11-17(12-23(20)32)16-5-7-18(26)8-6-16/h4-10,13,17H,3,11-12H2,1-2H3,(H,27,28,29,30,31)/t17-/m0/s1. The molecule has 0 fully saturated rings. The van der Waals surface area contributed by atoms with E-state index in [2.05, 4.69) is 44.3 Å². The number of fused-ring (bicyclic) bond motifs is 2. The summed E-state index contributed by atoms with van der Waals surface area (Å²) in [5.74, 6) is 0.956. The second-order valence-corrected chi connectivity index (χ2v) is 8.53. The summed E-state index contributed by atoms with van der Waals surface area (Å²) in [5, 5.41) is 4.84. The molecule has 0 spiro atoms. The van der Waals surface area contributed by atoms with Crippen LogP contribution in [0.5, 0.6) is 0 Å². The van der Waals surface area contributed by atoms with Crippen LogP contribution in [0, 0.1) is 6.92 Å². The molecule has 2 heterocycles. The molecule has 2 aromatic carbocycles. The van der Waals surface area contributed by atoms with Crippen molar-refractivity contribution >= 4 is 40.2 Å². The van der Waals surface area contributed by atoms with Crippen molar-refractivity contribution in [3.05, 3.63) is 81.8 Å². The molecule has 4 aromatic rings. The van der Waals surface area contributed by atoms with E-state index in [9.17, 15) is 4.79 Å². The van der Waals surface area contributed by atoms with Gasteiger partial charge in [-0.15, -0.1) is 0 Å². The number of hydrogen-bond acceptors (Lipinski definition) is 6. The minimum absolute atomic E-state index is 0.0577. The number of halogens is 1. The Bertz CT molecular complexity index is 1340.